The van der Waals surface area contributed by atoms with E-state index >= 15 is 0 Å². The Bertz CT molecular complexity index is 501. The smallest absolute Gasteiger partial charge is 0.152 e. The van der Waals surface area contributed by atoms with E-state index < -0.39 is 0 Å². The van der Waals surface area contributed by atoms with Crippen molar-refractivity contribution >= 4 is 40.3 Å². The quantitative estimate of drug-likeness (QED) is 0.671. The van der Waals surface area contributed by atoms with Crippen molar-refractivity contribution < 1.29 is 4.79 Å². The van der Waals surface area contributed by atoms with Crippen LogP contribution in [0.4, 0.5) is 0 Å². The fourth-order valence-electron chi connectivity index (χ4n) is 1.41. The minimum atomic E-state index is 0.453. The maximum absolute atomic E-state index is 10.8. The summed E-state index contributed by atoms with van der Waals surface area (Å²) in [7, 11) is 0. The zero-order valence-corrected chi connectivity index (χ0v) is 8.64. The van der Waals surface area contributed by atoms with Crippen molar-refractivity contribution in [3.05, 3.63) is 45.9 Å². The maximum Gasteiger partial charge on any atom is 0.152 e. The molecule has 1 nitrogen and oxygen atoms in total. The van der Waals surface area contributed by atoms with Gasteiger partial charge >= 0.3 is 0 Å². The number of hydrogen-bond acceptors (Lipinski definition) is 1. The summed E-state index contributed by atoms with van der Waals surface area (Å²) in [5.41, 5.74) is 0.492. The van der Waals surface area contributed by atoms with Gasteiger partial charge in [0.2, 0.25) is 0 Å². The molecule has 0 saturated heterocycles. The summed E-state index contributed by atoms with van der Waals surface area (Å²) in [5, 5.41) is 2.80. The lowest BCUT2D eigenvalue weighted by atomic mass is 10.1. The van der Waals surface area contributed by atoms with E-state index in [9.17, 15) is 4.79 Å². The predicted molar refractivity (Wildman–Crippen MR) is 59.4 cm³/mol. The lowest BCUT2D eigenvalue weighted by molar-refractivity contribution is 0.112. The lowest BCUT2D eigenvalue weighted by Crippen LogP contribution is -1.85. The molecule has 0 atom stereocenters. The Morgan fingerprint density at radius 2 is 1.79 bits per heavy atom. The molecule has 0 heterocycles. The monoisotopic (exact) mass is 224 g/mol. The second-order valence-electron chi connectivity index (χ2n) is 2.94. The Balaban J connectivity index is 2.91. The van der Waals surface area contributed by atoms with Crippen LogP contribution in [0.5, 0.6) is 0 Å². The first-order chi connectivity index (χ1) is 6.72. The highest BCUT2D eigenvalue weighted by atomic mass is 35.5. The van der Waals surface area contributed by atoms with Gasteiger partial charge in [-0.3, -0.25) is 4.79 Å². The second-order valence-corrected chi connectivity index (χ2v) is 3.79. The molecule has 0 aliphatic rings. The first-order valence-corrected chi connectivity index (χ1v) is 4.81. The number of fused-ring (bicyclic) bond motifs is 1. The van der Waals surface area contributed by atoms with Crippen molar-refractivity contribution in [3.8, 4) is 0 Å². The number of rotatable bonds is 1. The van der Waals surface area contributed by atoms with Crippen LogP contribution in [0.1, 0.15) is 10.4 Å². The topological polar surface area (TPSA) is 17.1 Å². The SMILES string of the molecule is O=Cc1c(Cl)ccc2ccc(Cl)cc12. The maximum atomic E-state index is 10.8. The van der Waals surface area contributed by atoms with Gasteiger partial charge in [0.05, 0.1) is 5.02 Å². The second kappa shape index (κ2) is 3.60. The first kappa shape index (κ1) is 9.50. The van der Waals surface area contributed by atoms with Crippen molar-refractivity contribution in [2.45, 2.75) is 0 Å². The number of aldehydes is 1. The third-order valence-corrected chi connectivity index (χ3v) is 2.65. The zero-order chi connectivity index (χ0) is 10.1. The lowest BCUT2D eigenvalue weighted by Gasteiger charge is -2.03. The summed E-state index contributed by atoms with van der Waals surface area (Å²) in [6.45, 7) is 0. The van der Waals surface area contributed by atoms with Gasteiger partial charge in [0.1, 0.15) is 0 Å². The van der Waals surface area contributed by atoms with E-state index in [4.69, 9.17) is 23.2 Å². The Morgan fingerprint density at radius 1 is 1.07 bits per heavy atom. The third kappa shape index (κ3) is 1.49. The fraction of sp³-hybridized carbons (Fsp3) is 0. The van der Waals surface area contributed by atoms with E-state index in [0.29, 0.717) is 15.6 Å². The number of benzene rings is 2. The van der Waals surface area contributed by atoms with Gasteiger partial charge in [-0.15, -0.1) is 0 Å². The molecule has 70 valence electrons. The largest absolute Gasteiger partial charge is 0.298 e. The molecule has 0 radical (unpaired) electrons. The summed E-state index contributed by atoms with van der Waals surface area (Å²) >= 11 is 11.7. The molecule has 0 unspecified atom stereocenters. The molecular formula is C11H6Cl2O. The number of hydrogen-bond donors (Lipinski definition) is 0. The van der Waals surface area contributed by atoms with Gasteiger partial charge in [0, 0.05) is 10.6 Å². The molecule has 2 aromatic rings. The van der Waals surface area contributed by atoms with Crippen LogP contribution in [0.15, 0.2) is 30.3 Å². The van der Waals surface area contributed by atoms with Crippen LogP contribution >= 0.6 is 23.2 Å². The van der Waals surface area contributed by atoms with E-state index in [0.717, 1.165) is 17.1 Å². The Morgan fingerprint density at radius 3 is 2.50 bits per heavy atom. The minimum Gasteiger partial charge on any atom is -0.298 e. The van der Waals surface area contributed by atoms with E-state index in [2.05, 4.69) is 0 Å². The van der Waals surface area contributed by atoms with Crippen LogP contribution < -0.4 is 0 Å². The van der Waals surface area contributed by atoms with Gasteiger partial charge < -0.3 is 0 Å². The molecular weight excluding hydrogens is 219 g/mol. The highest BCUT2D eigenvalue weighted by molar-refractivity contribution is 6.35. The normalized spacial score (nSPS) is 10.4. The molecule has 0 fully saturated rings. The van der Waals surface area contributed by atoms with Crippen LogP contribution in [0.25, 0.3) is 10.8 Å². The molecule has 0 amide bonds. The standard InChI is InChI=1S/C11H6Cl2O/c12-8-3-1-7-2-4-11(13)10(6-14)9(7)5-8/h1-6H. The van der Waals surface area contributed by atoms with Crippen molar-refractivity contribution in [2.24, 2.45) is 0 Å². The molecule has 3 heteroatoms. The Kier molecular flexibility index (Phi) is 2.44. The first-order valence-electron chi connectivity index (χ1n) is 4.05. The fourth-order valence-corrected chi connectivity index (χ4v) is 1.79. The van der Waals surface area contributed by atoms with Crippen LogP contribution in [-0.2, 0) is 0 Å². The molecule has 0 aliphatic carbocycles. The van der Waals surface area contributed by atoms with Crippen molar-refractivity contribution in [1.82, 2.24) is 0 Å². The highest BCUT2D eigenvalue weighted by Crippen LogP contribution is 2.26. The number of carbonyl (C=O) groups is 1. The molecule has 0 spiro atoms. The summed E-state index contributed by atoms with van der Waals surface area (Å²) in [4.78, 5) is 10.8. The Labute approximate surface area is 91.2 Å². The van der Waals surface area contributed by atoms with E-state index in [1.165, 1.54) is 0 Å². The molecule has 0 N–H and O–H groups in total. The van der Waals surface area contributed by atoms with E-state index in [-0.39, 0.29) is 0 Å². The molecule has 0 bridgehead atoms. The van der Waals surface area contributed by atoms with Crippen molar-refractivity contribution in [3.63, 3.8) is 0 Å². The predicted octanol–water partition coefficient (Wildman–Crippen LogP) is 3.96. The van der Waals surface area contributed by atoms with Crippen LogP contribution in [0.3, 0.4) is 0 Å². The summed E-state index contributed by atoms with van der Waals surface area (Å²) in [5.74, 6) is 0. The van der Waals surface area contributed by atoms with Crippen LogP contribution in [0.2, 0.25) is 10.0 Å². The van der Waals surface area contributed by atoms with E-state index in [1.807, 2.05) is 12.1 Å². The molecule has 0 aromatic heterocycles. The molecule has 14 heavy (non-hydrogen) atoms. The summed E-state index contributed by atoms with van der Waals surface area (Å²) < 4.78 is 0. The van der Waals surface area contributed by atoms with Gasteiger partial charge in [-0.1, -0.05) is 35.3 Å². The van der Waals surface area contributed by atoms with Gasteiger partial charge in [-0.2, -0.15) is 0 Å². The number of halogens is 2. The third-order valence-electron chi connectivity index (χ3n) is 2.09. The minimum absolute atomic E-state index is 0.453. The average molecular weight is 225 g/mol. The van der Waals surface area contributed by atoms with Crippen LogP contribution in [0, 0.1) is 0 Å². The van der Waals surface area contributed by atoms with Gasteiger partial charge in [0.15, 0.2) is 6.29 Å². The van der Waals surface area contributed by atoms with Crippen LogP contribution in [-0.4, -0.2) is 6.29 Å². The molecule has 0 saturated carbocycles. The Hall–Kier alpha value is -1.05. The molecule has 2 aromatic carbocycles. The summed E-state index contributed by atoms with van der Waals surface area (Å²) in [6.07, 6.45) is 0.751. The van der Waals surface area contributed by atoms with E-state index in [1.54, 1.807) is 18.2 Å². The van der Waals surface area contributed by atoms with Gasteiger partial charge in [0.25, 0.3) is 0 Å². The van der Waals surface area contributed by atoms with Crippen molar-refractivity contribution in [1.29, 1.82) is 0 Å². The highest BCUT2D eigenvalue weighted by Gasteiger charge is 2.05. The average Bonchev–Trinajstić information content (AvgIpc) is 2.17. The molecule has 0 aliphatic heterocycles. The summed E-state index contributed by atoms with van der Waals surface area (Å²) in [6, 6.07) is 8.96. The van der Waals surface area contributed by atoms with Gasteiger partial charge in [-0.05, 0) is 29.0 Å². The molecule has 2 rings (SSSR count). The van der Waals surface area contributed by atoms with Crippen molar-refractivity contribution in [2.75, 3.05) is 0 Å². The zero-order valence-electron chi connectivity index (χ0n) is 7.13. The van der Waals surface area contributed by atoms with Gasteiger partial charge in [-0.25, -0.2) is 0 Å². The number of carbonyl (C=O) groups excluding carboxylic acids is 1.